The first kappa shape index (κ1) is 7.73. The molecule has 1 heterocycles. The van der Waals surface area contributed by atoms with E-state index in [0.717, 1.165) is 14.2 Å². The quantitative estimate of drug-likeness (QED) is 0.451. The summed E-state index contributed by atoms with van der Waals surface area (Å²) in [7, 11) is 0.596. The van der Waals surface area contributed by atoms with Gasteiger partial charge in [0.15, 0.2) is 0 Å². The van der Waals surface area contributed by atoms with Gasteiger partial charge in [-0.1, -0.05) is 0 Å². The SMILES string of the molecule is CC1=C(C)S(=O)SC1=[Se]. The molecule has 0 N–H and O–H groups in total. The molecule has 0 bridgehead atoms. The van der Waals surface area contributed by atoms with E-state index in [0.29, 0.717) is 0 Å². The van der Waals surface area contributed by atoms with Crippen molar-refractivity contribution in [1.29, 1.82) is 0 Å². The Kier molecular flexibility index (Phi) is 2.32. The van der Waals surface area contributed by atoms with Gasteiger partial charge in [-0.15, -0.1) is 0 Å². The van der Waals surface area contributed by atoms with E-state index in [1.54, 1.807) is 0 Å². The van der Waals surface area contributed by atoms with Gasteiger partial charge in [-0.25, -0.2) is 0 Å². The Morgan fingerprint density at radius 2 is 2.11 bits per heavy atom. The first-order valence-electron chi connectivity index (χ1n) is 2.45. The molecule has 0 saturated carbocycles. The molecule has 0 saturated heterocycles. The molecular weight excluding hydrogens is 219 g/mol. The van der Waals surface area contributed by atoms with Crippen LogP contribution in [0.2, 0.25) is 0 Å². The monoisotopic (exact) mass is 226 g/mol. The second-order valence-corrected chi connectivity index (χ2v) is 6.29. The minimum absolute atomic E-state index is 0.800. The van der Waals surface area contributed by atoms with Crippen LogP contribution in [0.15, 0.2) is 10.5 Å². The molecule has 1 aliphatic rings. The van der Waals surface area contributed by atoms with Crippen LogP contribution in [-0.2, 0) is 9.83 Å². The average molecular weight is 225 g/mol. The molecule has 0 aliphatic carbocycles. The third-order valence-electron chi connectivity index (χ3n) is 1.24. The summed E-state index contributed by atoms with van der Waals surface area (Å²) in [5.74, 6) is 0. The van der Waals surface area contributed by atoms with Gasteiger partial charge >= 0.3 is 68.5 Å². The fraction of sp³-hybridized carbons (Fsp3) is 0.400. The van der Waals surface area contributed by atoms with Gasteiger partial charge in [-0.2, -0.15) is 0 Å². The van der Waals surface area contributed by atoms with Crippen LogP contribution in [0.4, 0.5) is 0 Å². The Bertz CT molecular complexity index is 197. The van der Waals surface area contributed by atoms with Crippen molar-refractivity contribution >= 4 is 40.0 Å². The van der Waals surface area contributed by atoms with Crippen LogP contribution in [0.1, 0.15) is 13.8 Å². The van der Waals surface area contributed by atoms with Gasteiger partial charge in [0, 0.05) is 0 Å². The summed E-state index contributed by atoms with van der Waals surface area (Å²) in [4.78, 5) is 0.994. The van der Waals surface area contributed by atoms with E-state index in [2.05, 4.69) is 15.6 Å². The summed E-state index contributed by atoms with van der Waals surface area (Å²) in [5, 5.41) is 0. The minimum atomic E-state index is -0.800. The van der Waals surface area contributed by atoms with E-state index in [9.17, 15) is 4.21 Å². The summed E-state index contributed by atoms with van der Waals surface area (Å²) in [6, 6.07) is 0. The topological polar surface area (TPSA) is 17.1 Å². The van der Waals surface area contributed by atoms with Crippen molar-refractivity contribution in [2.75, 3.05) is 0 Å². The van der Waals surface area contributed by atoms with Crippen molar-refractivity contribution in [3.63, 3.8) is 0 Å². The molecule has 9 heavy (non-hydrogen) atoms. The standard InChI is InChI=1S/C5H6OS2Se/c1-3-4(2)8(6)7-5(3)9/h1-2H3. The zero-order valence-electron chi connectivity index (χ0n) is 5.13. The molecule has 0 aromatic rings. The number of hydrogen-bond acceptors (Lipinski definition) is 2. The third-order valence-corrected chi connectivity index (χ3v) is 6.24. The molecule has 0 aromatic carbocycles. The van der Waals surface area contributed by atoms with Crippen LogP contribution in [0.25, 0.3) is 0 Å². The molecule has 1 nitrogen and oxygen atoms in total. The maximum absolute atomic E-state index is 11.0. The molecule has 0 radical (unpaired) electrons. The van der Waals surface area contributed by atoms with E-state index in [1.807, 2.05) is 13.8 Å². The second-order valence-electron chi connectivity index (χ2n) is 1.79. The predicted octanol–water partition coefficient (Wildman–Crippen LogP) is 0.989. The van der Waals surface area contributed by atoms with Crippen molar-refractivity contribution < 1.29 is 4.21 Å². The van der Waals surface area contributed by atoms with Crippen molar-refractivity contribution in [3.8, 4) is 0 Å². The van der Waals surface area contributed by atoms with E-state index < -0.39 is 9.83 Å². The fourth-order valence-corrected chi connectivity index (χ4v) is 4.59. The van der Waals surface area contributed by atoms with Crippen LogP contribution in [0, 0.1) is 0 Å². The molecule has 1 atom stereocenters. The summed E-state index contributed by atoms with van der Waals surface area (Å²) in [6.07, 6.45) is 0. The molecule has 50 valence electrons. The molecule has 1 unspecified atom stereocenters. The van der Waals surface area contributed by atoms with E-state index in [1.165, 1.54) is 10.8 Å². The van der Waals surface area contributed by atoms with E-state index >= 15 is 0 Å². The zero-order valence-corrected chi connectivity index (χ0v) is 8.48. The van der Waals surface area contributed by atoms with E-state index in [-0.39, 0.29) is 0 Å². The van der Waals surface area contributed by atoms with Gasteiger partial charge in [0.1, 0.15) is 0 Å². The van der Waals surface area contributed by atoms with Gasteiger partial charge in [-0.3, -0.25) is 0 Å². The van der Waals surface area contributed by atoms with Gasteiger partial charge in [-0.05, 0) is 0 Å². The van der Waals surface area contributed by atoms with Crippen molar-refractivity contribution in [3.05, 3.63) is 10.5 Å². The molecular formula is C5H6OS2Se. The Morgan fingerprint density at radius 3 is 2.22 bits per heavy atom. The van der Waals surface area contributed by atoms with Crippen LogP contribution in [0.3, 0.4) is 0 Å². The van der Waals surface area contributed by atoms with Gasteiger partial charge < -0.3 is 0 Å². The normalized spacial score (nSPS) is 27.8. The molecule has 1 aliphatic heterocycles. The molecule has 4 heteroatoms. The van der Waals surface area contributed by atoms with Crippen LogP contribution < -0.4 is 0 Å². The van der Waals surface area contributed by atoms with Crippen LogP contribution in [-0.4, -0.2) is 23.5 Å². The summed E-state index contributed by atoms with van der Waals surface area (Å²) in [6.45, 7) is 3.89. The van der Waals surface area contributed by atoms with E-state index in [4.69, 9.17) is 0 Å². The Hall–Kier alpha value is 0.629. The van der Waals surface area contributed by atoms with Crippen molar-refractivity contribution in [1.82, 2.24) is 0 Å². The summed E-state index contributed by atoms with van der Waals surface area (Å²) in [5.41, 5.74) is 1.15. The van der Waals surface area contributed by atoms with Crippen molar-refractivity contribution in [2.24, 2.45) is 0 Å². The first-order valence-corrected chi connectivity index (χ1v) is 5.79. The summed E-state index contributed by atoms with van der Waals surface area (Å²) < 4.78 is 12.0. The zero-order chi connectivity index (χ0) is 7.02. The van der Waals surface area contributed by atoms with Crippen molar-refractivity contribution in [2.45, 2.75) is 13.8 Å². The molecule has 0 amide bonds. The van der Waals surface area contributed by atoms with Crippen LogP contribution in [0.5, 0.6) is 0 Å². The Labute approximate surface area is 68.5 Å². The average Bonchev–Trinajstić information content (AvgIpc) is 1.98. The predicted molar refractivity (Wildman–Crippen MR) is 44.9 cm³/mol. The fourth-order valence-electron chi connectivity index (χ4n) is 0.462. The Balaban J connectivity index is 3.06. The second kappa shape index (κ2) is 2.70. The van der Waals surface area contributed by atoms with Gasteiger partial charge in [0.2, 0.25) is 0 Å². The molecule has 0 aromatic heterocycles. The van der Waals surface area contributed by atoms with Crippen LogP contribution >= 0.6 is 10.8 Å². The maximum atomic E-state index is 11.0. The first-order chi connectivity index (χ1) is 4.13. The molecule has 1 rings (SSSR count). The third kappa shape index (κ3) is 1.37. The van der Waals surface area contributed by atoms with Gasteiger partial charge in [0.05, 0.1) is 0 Å². The number of allylic oxidation sites excluding steroid dienone is 1. The summed E-state index contributed by atoms with van der Waals surface area (Å²) >= 11 is 2.88. The molecule has 0 fully saturated rings. The number of rotatable bonds is 0. The Morgan fingerprint density at radius 1 is 1.56 bits per heavy atom. The van der Waals surface area contributed by atoms with Gasteiger partial charge in [0.25, 0.3) is 0 Å². The molecule has 0 spiro atoms. The number of hydrogen-bond donors (Lipinski definition) is 0.